The van der Waals surface area contributed by atoms with Gasteiger partial charge in [0.05, 0.1) is 0 Å². The lowest BCUT2D eigenvalue weighted by molar-refractivity contribution is -0.253. The number of hydrogen-bond acceptors (Lipinski definition) is 1. The molecule has 0 saturated heterocycles. The lowest BCUT2D eigenvalue weighted by Crippen LogP contribution is -2.34. The van der Waals surface area contributed by atoms with Crippen molar-refractivity contribution < 1.29 is 22.3 Å². The van der Waals surface area contributed by atoms with Gasteiger partial charge in [0.15, 0.2) is 0 Å². The van der Waals surface area contributed by atoms with E-state index in [9.17, 15) is 17.6 Å². The SMILES string of the molecule is Cc1cc(C)c(C)c(OC(F)(F)C(F)F)c1C. The van der Waals surface area contributed by atoms with E-state index in [4.69, 9.17) is 0 Å². The molecular weight excluding hydrogens is 236 g/mol. The molecule has 5 heteroatoms. The molecule has 1 nitrogen and oxygen atoms in total. The summed E-state index contributed by atoms with van der Waals surface area (Å²) in [5.41, 5.74) is 2.36. The first kappa shape index (κ1) is 13.8. The average molecular weight is 250 g/mol. The Morgan fingerprint density at radius 2 is 1.41 bits per heavy atom. The first-order valence-electron chi connectivity index (χ1n) is 5.09. The fourth-order valence-electron chi connectivity index (χ4n) is 1.51. The molecule has 0 fully saturated rings. The highest BCUT2D eigenvalue weighted by Gasteiger charge is 2.44. The summed E-state index contributed by atoms with van der Waals surface area (Å²) in [4.78, 5) is 0. The van der Waals surface area contributed by atoms with E-state index in [1.54, 1.807) is 33.8 Å². The van der Waals surface area contributed by atoms with Crippen LogP contribution >= 0.6 is 0 Å². The summed E-state index contributed by atoms with van der Waals surface area (Å²) in [6.45, 7) is 6.57. The molecular formula is C12H14F4O. The third-order valence-corrected chi connectivity index (χ3v) is 2.79. The van der Waals surface area contributed by atoms with Crippen molar-refractivity contribution in [2.24, 2.45) is 0 Å². The molecule has 17 heavy (non-hydrogen) atoms. The van der Waals surface area contributed by atoms with Crippen molar-refractivity contribution >= 4 is 0 Å². The number of halogens is 4. The summed E-state index contributed by atoms with van der Waals surface area (Å²) in [5, 5.41) is 0. The van der Waals surface area contributed by atoms with Crippen molar-refractivity contribution in [1.29, 1.82) is 0 Å². The van der Waals surface area contributed by atoms with Gasteiger partial charge in [-0.15, -0.1) is 0 Å². The second-order valence-corrected chi connectivity index (χ2v) is 4.05. The molecule has 0 amide bonds. The number of benzene rings is 1. The highest BCUT2D eigenvalue weighted by atomic mass is 19.3. The van der Waals surface area contributed by atoms with E-state index in [1.165, 1.54) is 0 Å². The smallest absolute Gasteiger partial charge is 0.428 e. The van der Waals surface area contributed by atoms with Gasteiger partial charge in [-0.05, 0) is 49.9 Å². The molecule has 0 unspecified atom stereocenters. The van der Waals surface area contributed by atoms with E-state index >= 15 is 0 Å². The summed E-state index contributed by atoms with van der Waals surface area (Å²) < 4.78 is 54.1. The average Bonchev–Trinajstić information content (AvgIpc) is 2.21. The van der Waals surface area contributed by atoms with Crippen molar-refractivity contribution in [2.75, 3.05) is 0 Å². The molecule has 0 aliphatic heterocycles. The Labute approximate surface area is 97.4 Å². The van der Waals surface area contributed by atoms with E-state index in [2.05, 4.69) is 4.74 Å². The Bertz CT molecular complexity index is 401. The molecule has 0 bridgehead atoms. The Hall–Kier alpha value is -1.26. The zero-order chi connectivity index (χ0) is 13.4. The number of rotatable bonds is 3. The van der Waals surface area contributed by atoms with Gasteiger partial charge in [-0.1, -0.05) is 6.07 Å². The molecule has 0 aliphatic carbocycles. The van der Waals surface area contributed by atoms with Crippen LogP contribution in [0.5, 0.6) is 5.75 Å². The van der Waals surface area contributed by atoms with Crippen LogP contribution in [0.3, 0.4) is 0 Å². The van der Waals surface area contributed by atoms with E-state index in [0.717, 1.165) is 11.1 Å². The van der Waals surface area contributed by atoms with Gasteiger partial charge in [0.1, 0.15) is 5.75 Å². The molecule has 1 aromatic carbocycles. The standard InChI is InChI=1S/C12H14F4O/c1-6-5-7(2)9(4)10(8(6)3)17-12(15,16)11(13)14/h5,11H,1-4H3. The molecule has 0 N–H and O–H groups in total. The van der Waals surface area contributed by atoms with E-state index in [1.807, 2.05) is 0 Å². The predicted molar refractivity (Wildman–Crippen MR) is 57.0 cm³/mol. The molecule has 0 heterocycles. The minimum atomic E-state index is -4.46. The first-order valence-corrected chi connectivity index (χ1v) is 5.09. The molecule has 96 valence electrons. The Balaban J connectivity index is 3.23. The van der Waals surface area contributed by atoms with Gasteiger partial charge in [-0.25, -0.2) is 0 Å². The Morgan fingerprint density at radius 1 is 1.00 bits per heavy atom. The third-order valence-electron chi connectivity index (χ3n) is 2.79. The second-order valence-electron chi connectivity index (χ2n) is 4.05. The topological polar surface area (TPSA) is 9.23 Å². The summed E-state index contributed by atoms with van der Waals surface area (Å²) in [7, 11) is 0. The summed E-state index contributed by atoms with van der Waals surface area (Å²) in [6, 6.07) is 1.80. The molecule has 0 aromatic heterocycles. The minimum absolute atomic E-state index is 0.159. The first-order chi connectivity index (χ1) is 7.66. The van der Waals surface area contributed by atoms with Crippen molar-refractivity contribution in [3.05, 3.63) is 28.3 Å². The van der Waals surface area contributed by atoms with Gasteiger partial charge in [0.25, 0.3) is 0 Å². The fourth-order valence-corrected chi connectivity index (χ4v) is 1.51. The van der Waals surface area contributed by atoms with Crippen molar-refractivity contribution in [3.8, 4) is 5.75 Å². The summed E-state index contributed by atoms with van der Waals surface area (Å²) in [5.74, 6) is -0.159. The van der Waals surface area contributed by atoms with Gasteiger partial charge >= 0.3 is 12.5 Å². The number of hydrogen-bond donors (Lipinski definition) is 0. The van der Waals surface area contributed by atoms with Crippen LogP contribution in [-0.4, -0.2) is 12.5 Å². The monoisotopic (exact) mass is 250 g/mol. The molecule has 0 aliphatic rings. The molecule has 0 radical (unpaired) electrons. The molecule has 0 atom stereocenters. The van der Waals surface area contributed by atoms with Gasteiger partial charge in [-0.2, -0.15) is 17.6 Å². The van der Waals surface area contributed by atoms with Crippen LogP contribution in [-0.2, 0) is 0 Å². The van der Waals surface area contributed by atoms with Crippen LogP contribution in [0.25, 0.3) is 0 Å². The zero-order valence-electron chi connectivity index (χ0n) is 10.1. The summed E-state index contributed by atoms with van der Waals surface area (Å²) >= 11 is 0. The van der Waals surface area contributed by atoms with E-state index in [0.29, 0.717) is 11.1 Å². The highest BCUT2D eigenvalue weighted by molar-refractivity contribution is 5.49. The minimum Gasteiger partial charge on any atom is -0.428 e. The van der Waals surface area contributed by atoms with Gasteiger partial charge in [-0.3, -0.25) is 0 Å². The second kappa shape index (κ2) is 4.55. The summed E-state index contributed by atoms with van der Waals surface area (Å²) in [6.07, 6.45) is -8.31. The highest BCUT2D eigenvalue weighted by Crippen LogP contribution is 2.34. The maximum atomic E-state index is 12.9. The van der Waals surface area contributed by atoms with Gasteiger partial charge < -0.3 is 4.74 Å². The van der Waals surface area contributed by atoms with E-state index in [-0.39, 0.29) is 5.75 Å². The van der Waals surface area contributed by atoms with Crippen molar-refractivity contribution in [2.45, 2.75) is 40.2 Å². The van der Waals surface area contributed by atoms with Gasteiger partial charge in [0, 0.05) is 0 Å². The fraction of sp³-hybridized carbons (Fsp3) is 0.500. The van der Waals surface area contributed by atoms with Crippen LogP contribution in [0, 0.1) is 27.7 Å². The van der Waals surface area contributed by atoms with Gasteiger partial charge in [0.2, 0.25) is 0 Å². The van der Waals surface area contributed by atoms with Crippen LogP contribution in [0.15, 0.2) is 6.07 Å². The largest absolute Gasteiger partial charge is 0.461 e. The lowest BCUT2D eigenvalue weighted by Gasteiger charge is -2.21. The number of aryl methyl sites for hydroxylation is 2. The number of ether oxygens (including phenoxy) is 1. The maximum Gasteiger partial charge on any atom is 0.461 e. The number of alkyl halides is 4. The molecule has 0 saturated carbocycles. The normalized spacial score (nSPS) is 12.1. The predicted octanol–water partition coefficient (Wildman–Crippen LogP) is 4.16. The molecule has 1 rings (SSSR count). The molecule has 1 aromatic rings. The van der Waals surface area contributed by atoms with E-state index < -0.39 is 12.5 Å². The zero-order valence-corrected chi connectivity index (χ0v) is 10.1. The Kier molecular flexibility index (Phi) is 3.69. The third kappa shape index (κ3) is 2.70. The van der Waals surface area contributed by atoms with Crippen LogP contribution in [0.4, 0.5) is 17.6 Å². The maximum absolute atomic E-state index is 12.9. The lowest BCUT2D eigenvalue weighted by atomic mass is 10.0. The quantitative estimate of drug-likeness (QED) is 0.732. The van der Waals surface area contributed by atoms with Crippen molar-refractivity contribution in [3.63, 3.8) is 0 Å². The van der Waals surface area contributed by atoms with Crippen LogP contribution in [0.2, 0.25) is 0 Å². The van der Waals surface area contributed by atoms with Crippen LogP contribution in [0.1, 0.15) is 22.3 Å². The Morgan fingerprint density at radius 3 is 1.76 bits per heavy atom. The van der Waals surface area contributed by atoms with Crippen molar-refractivity contribution in [1.82, 2.24) is 0 Å². The molecule has 0 spiro atoms. The van der Waals surface area contributed by atoms with Crippen LogP contribution < -0.4 is 4.74 Å².